The van der Waals surface area contributed by atoms with Crippen LogP contribution in [0.15, 0.2) is 20.5 Å². The summed E-state index contributed by atoms with van der Waals surface area (Å²) in [5.74, 6) is 2.18. The predicted molar refractivity (Wildman–Crippen MR) is 87.9 cm³/mol. The van der Waals surface area contributed by atoms with Crippen LogP contribution in [0.4, 0.5) is 5.69 Å². The highest BCUT2D eigenvalue weighted by atomic mass is 32.1. The zero-order chi connectivity index (χ0) is 16.7. The number of hydrogen-bond donors (Lipinski definition) is 1. The number of nitrogens with one attached hydrogen (secondary N) is 1. The first-order chi connectivity index (χ1) is 11.6. The van der Waals surface area contributed by atoms with Crippen molar-refractivity contribution in [3.8, 4) is 10.8 Å². The highest BCUT2D eigenvalue weighted by molar-refractivity contribution is 7.14. The Labute approximate surface area is 142 Å². The number of carbonyl (C=O) groups excluding carboxylic acids is 1. The van der Waals surface area contributed by atoms with E-state index in [2.05, 4.69) is 20.6 Å². The molecule has 0 saturated heterocycles. The maximum atomic E-state index is 12.3. The molecule has 1 saturated carbocycles. The van der Waals surface area contributed by atoms with Gasteiger partial charge in [0.05, 0.1) is 17.8 Å². The minimum atomic E-state index is -0.133. The predicted octanol–water partition coefficient (Wildman–Crippen LogP) is 3.46. The Balaban J connectivity index is 1.50. The maximum absolute atomic E-state index is 12.3. The van der Waals surface area contributed by atoms with Crippen LogP contribution >= 0.6 is 11.3 Å². The molecule has 1 aliphatic carbocycles. The van der Waals surface area contributed by atoms with Gasteiger partial charge in [-0.25, -0.2) is 0 Å². The van der Waals surface area contributed by atoms with Crippen LogP contribution in [0.2, 0.25) is 0 Å². The number of amides is 1. The Bertz CT molecular complexity index is 871. The summed E-state index contributed by atoms with van der Waals surface area (Å²) in [6.45, 7) is 3.63. The molecule has 0 aromatic carbocycles. The van der Waals surface area contributed by atoms with Crippen LogP contribution in [0.5, 0.6) is 0 Å². The van der Waals surface area contributed by atoms with Crippen molar-refractivity contribution in [3.63, 3.8) is 0 Å². The maximum Gasteiger partial charge on any atom is 0.270 e. The number of aryl methyl sites for hydroxylation is 2. The molecule has 1 fully saturated rings. The number of nitrogens with zero attached hydrogens (tertiary/aromatic N) is 3. The van der Waals surface area contributed by atoms with Crippen LogP contribution in [0.3, 0.4) is 0 Å². The lowest BCUT2D eigenvalue weighted by Gasteiger charge is -2.04. The van der Waals surface area contributed by atoms with Gasteiger partial charge in [0.15, 0.2) is 5.82 Å². The van der Waals surface area contributed by atoms with E-state index in [1.807, 2.05) is 18.4 Å². The van der Waals surface area contributed by atoms with Crippen LogP contribution in [0.25, 0.3) is 10.8 Å². The van der Waals surface area contributed by atoms with Gasteiger partial charge in [0.2, 0.25) is 5.91 Å². The molecule has 1 aliphatic rings. The van der Waals surface area contributed by atoms with Gasteiger partial charge in [0, 0.05) is 11.5 Å². The number of thiophene rings is 1. The zero-order valence-corrected chi connectivity index (χ0v) is 14.1. The average molecular weight is 344 g/mol. The summed E-state index contributed by atoms with van der Waals surface area (Å²) in [7, 11) is 0. The van der Waals surface area contributed by atoms with E-state index in [0.717, 1.165) is 34.8 Å². The lowest BCUT2D eigenvalue weighted by atomic mass is 10.1. The highest BCUT2D eigenvalue weighted by Crippen LogP contribution is 2.40. The molecule has 0 unspecified atom stereocenters. The summed E-state index contributed by atoms with van der Waals surface area (Å²) in [5.41, 5.74) is 2.24. The molecular weight excluding hydrogens is 328 g/mol. The van der Waals surface area contributed by atoms with E-state index in [9.17, 15) is 4.79 Å². The normalized spacial score (nSPS) is 14.1. The van der Waals surface area contributed by atoms with E-state index >= 15 is 0 Å². The second-order valence-electron chi connectivity index (χ2n) is 5.92. The third-order valence-corrected chi connectivity index (χ3v) is 4.94. The second kappa shape index (κ2) is 5.86. The Morgan fingerprint density at radius 3 is 2.88 bits per heavy atom. The molecule has 0 radical (unpaired) electrons. The van der Waals surface area contributed by atoms with Gasteiger partial charge in [0.25, 0.3) is 5.89 Å². The van der Waals surface area contributed by atoms with Gasteiger partial charge < -0.3 is 14.4 Å². The van der Waals surface area contributed by atoms with Crippen molar-refractivity contribution >= 4 is 22.9 Å². The minimum Gasteiger partial charge on any atom is -0.361 e. The molecule has 0 atom stereocenters. The van der Waals surface area contributed by atoms with Crippen molar-refractivity contribution in [2.75, 3.05) is 5.32 Å². The highest BCUT2D eigenvalue weighted by Gasteiger charge is 2.29. The Morgan fingerprint density at radius 2 is 2.17 bits per heavy atom. The molecule has 7 nitrogen and oxygen atoms in total. The molecule has 124 valence electrons. The number of anilines is 1. The number of rotatable bonds is 5. The van der Waals surface area contributed by atoms with Gasteiger partial charge in [0.1, 0.15) is 10.6 Å². The molecule has 1 amide bonds. The summed E-state index contributed by atoms with van der Waals surface area (Å²) in [6, 6.07) is 1.84. The molecule has 3 aromatic rings. The van der Waals surface area contributed by atoms with Crippen LogP contribution in [-0.4, -0.2) is 21.2 Å². The zero-order valence-electron chi connectivity index (χ0n) is 13.3. The first kappa shape index (κ1) is 15.1. The molecule has 0 spiro atoms. The molecule has 0 bridgehead atoms. The molecule has 0 aliphatic heterocycles. The Kier molecular flexibility index (Phi) is 3.68. The topological polar surface area (TPSA) is 94.1 Å². The molecule has 1 N–H and O–H groups in total. The molecule has 3 heterocycles. The van der Waals surface area contributed by atoms with Crippen molar-refractivity contribution in [2.45, 2.75) is 39.0 Å². The summed E-state index contributed by atoms with van der Waals surface area (Å²) >= 11 is 1.46. The summed E-state index contributed by atoms with van der Waals surface area (Å²) < 4.78 is 10.4. The van der Waals surface area contributed by atoms with Gasteiger partial charge in [-0.15, -0.1) is 11.3 Å². The fourth-order valence-electron chi connectivity index (χ4n) is 2.52. The molecule has 3 aromatic heterocycles. The average Bonchev–Trinajstić information content (AvgIpc) is 2.98. The quantitative estimate of drug-likeness (QED) is 0.762. The largest absolute Gasteiger partial charge is 0.361 e. The van der Waals surface area contributed by atoms with Crippen LogP contribution in [0.1, 0.15) is 41.6 Å². The molecule has 4 rings (SSSR count). The second-order valence-corrected chi connectivity index (χ2v) is 6.84. The molecule has 24 heavy (non-hydrogen) atoms. The van der Waals surface area contributed by atoms with E-state index in [0.29, 0.717) is 23.3 Å². The minimum absolute atomic E-state index is 0.133. The number of aromatic nitrogens is 3. The van der Waals surface area contributed by atoms with E-state index in [-0.39, 0.29) is 12.3 Å². The van der Waals surface area contributed by atoms with Crippen molar-refractivity contribution < 1.29 is 13.8 Å². The monoisotopic (exact) mass is 344 g/mol. The van der Waals surface area contributed by atoms with Gasteiger partial charge >= 0.3 is 0 Å². The van der Waals surface area contributed by atoms with Gasteiger partial charge in [-0.05, 0) is 38.1 Å². The first-order valence-corrected chi connectivity index (χ1v) is 8.63. The lowest BCUT2D eigenvalue weighted by molar-refractivity contribution is -0.115. The van der Waals surface area contributed by atoms with Crippen molar-refractivity contribution in [3.05, 3.63) is 34.3 Å². The Hall–Kier alpha value is -2.48. The fraction of sp³-hybridized carbons (Fsp3) is 0.375. The SMILES string of the molecule is Cc1noc(C)c1CC(=O)Nc1ccsc1-c1nc(C2CC2)no1. The Morgan fingerprint density at radius 1 is 1.33 bits per heavy atom. The first-order valence-electron chi connectivity index (χ1n) is 7.75. The summed E-state index contributed by atoms with van der Waals surface area (Å²) in [6.07, 6.45) is 2.45. The fourth-order valence-corrected chi connectivity index (χ4v) is 3.29. The van der Waals surface area contributed by atoms with Gasteiger partial charge in [-0.2, -0.15) is 4.98 Å². The molecule has 8 heteroatoms. The van der Waals surface area contributed by atoms with Crippen molar-refractivity contribution in [1.29, 1.82) is 0 Å². The third-order valence-electron chi connectivity index (χ3n) is 4.04. The summed E-state index contributed by atoms with van der Waals surface area (Å²) in [4.78, 5) is 17.6. The molecular formula is C16H16N4O3S. The van der Waals surface area contributed by atoms with E-state index in [4.69, 9.17) is 9.05 Å². The van der Waals surface area contributed by atoms with Crippen molar-refractivity contribution in [2.24, 2.45) is 0 Å². The van der Waals surface area contributed by atoms with E-state index < -0.39 is 0 Å². The van der Waals surface area contributed by atoms with Crippen LogP contribution in [-0.2, 0) is 11.2 Å². The number of hydrogen-bond acceptors (Lipinski definition) is 7. The number of carbonyl (C=O) groups is 1. The summed E-state index contributed by atoms with van der Waals surface area (Å²) in [5, 5.41) is 12.7. The third kappa shape index (κ3) is 2.84. The van der Waals surface area contributed by atoms with E-state index in [1.165, 1.54) is 11.3 Å². The van der Waals surface area contributed by atoms with Crippen LogP contribution in [0, 0.1) is 13.8 Å². The van der Waals surface area contributed by atoms with E-state index in [1.54, 1.807) is 6.92 Å². The van der Waals surface area contributed by atoms with Gasteiger partial charge in [-0.3, -0.25) is 4.79 Å². The van der Waals surface area contributed by atoms with Crippen molar-refractivity contribution in [1.82, 2.24) is 15.3 Å². The van der Waals surface area contributed by atoms with Gasteiger partial charge in [-0.1, -0.05) is 10.3 Å². The smallest absolute Gasteiger partial charge is 0.270 e. The van der Waals surface area contributed by atoms with Crippen LogP contribution < -0.4 is 5.32 Å². The standard InChI is InChI=1S/C16H16N4O3S/c1-8-11(9(2)22-19-8)7-13(21)17-12-5-6-24-14(12)16-18-15(20-23-16)10-3-4-10/h5-6,10H,3-4,7H2,1-2H3,(H,17,21). The lowest BCUT2D eigenvalue weighted by Crippen LogP contribution is -2.15.